The molecule has 0 bridgehead atoms. The van der Waals surface area contributed by atoms with Crippen molar-refractivity contribution in [1.82, 2.24) is 0 Å². The molecule has 0 unspecified atom stereocenters. The van der Waals surface area contributed by atoms with E-state index < -0.39 is 0 Å². The molecule has 1 aliphatic rings. The number of hydrogen-bond donors (Lipinski definition) is 0. The van der Waals surface area contributed by atoms with E-state index in [9.17, 15) is 9.18 Å². The summed E-state index contributed by atoms with van der Waals surface area (Å²) in [7, 11) is 0. The first-order valence-corrected chi connectivity index (χ1v) is 3.95. The van der Waals surface area contributed by atoms with Gasteiger partial charge in [-0.2, -0.15) is 0 Å². The van der Waals surface area contributed by atoms with Gasteiger partial charge in [0.25, 0.3) is 0 Å². The summed E-state index contributed by atoms with van der Waals surface area (Å²) in [6, 6.07) is 4.14. The van der Waals surface area contributed by atoms with Gasteiger partial charge in [0.1, 0.15) is 18.2 Å². The van der Waals surface area contributed by atoms with Crippen molar-refractivity contribution in [3.63, 3.8) is 0 Å². The van der Waals surface area contributed by atoms with E-state index in [0.29, 0.717) is 31.0 Å². The Labute approximate surface area is 74.7 Å². The number of halogens is 1. The molecule has 13 heavy (non-hydrogen) atoms. The average Bonchev–Trinajstić information content (AvgIpc) is 2.17. The predicted octanol–water partition coefficient (Wildman–Crippen LogP) is 1.18. The van der Waals surface area contributed by atoms with Crippen molar-refractivity contribution < 1.29 is 13.9 Å². The SMILES string of the molecule is O=CN1CCOc2ccc(F)cc21. The van der Waals surface area contributed by atoms with E-state index in [-0.39, 0.29) is 5.82 Å². The Hall–Kier alpha value is -1.58. The Bertz CT molecular complexity index is 340. The Kier molecular flexibility index (Phi) is 1.88. The van der Waals surface area contributed by atoms with Crippen molar-refractivity contribution in [3.8, 4) is 5.75 Å². The zero-order chi connectivity index (χ0) is 9.26. The van der Waals surface area contributed by atoms with Crippen molar-refractivity contribution in [1.29, 1.82) is 0 Å². The standard InChI is InChI=1S/C9H8FNO2/c10-7-1-2-9-8(5-7)11(6-12)3-4-13-9/h1-2,5-6H,3-4H2. The van der Waals surface area contributed by atoms with E-state index in [1.165, 1.54) is 23.1 Å². The minimum absolute atomic E-state index is 0.365. The summed E-state index contributed by atoms with van der Waals surface area (Å²) >= 11 is 0. The topological polar surface area (TPSA) is 29.5 Å². The monoisotopic (exact) mass is 181 g/mol. The molecule has 68 valence electrons. The number of anilines is 1. The highest BCUT2D eigenvalue weighted by molar-refractivity contribution is 5.79. The lowest BCUT2D eigenvalue weighted by atomic mass is 10.2. The average molecular weight is 181 g/mol. The molecule has 0 radical (unpaired) electrons. The van der Waals surface area contributed by atoms with Crippen LogP contribution in [0.25, 0.3) is 0 Å². The van der Waals surface area contributed by atoms with Gasteiger partial charge in [-0.05, 0) is 12.1 Å². The molecule has 4 heteroatoms. The van der Waals surface area contributed by atoms with Gasteiger partial charge >= 0.3 is 0 Å². The molecule has 1 aliphatic heterocycles. The molecule has 1 amide bonds. The second-order valence-electron chi connectivity index (χ2n) is 2.76. The van der Waals surface area contributed by atoms with E-state index in [1.54, 1.807) is 0 Å². The van der Waals surface area contributed by atoms with E-state index in [0.717, 1.165) is 0 Å². The summed E-state index contributed by atoms with van der Waals surface area (Å²) < 4.78 is 18.0. The number of ether oxygens (including phenoxy) is 1. The molecule has 1 aromatic rings. The lowest BCUT2D eigenvalue weighted by molar-refractivity contribution is -0.107. The fourth-order valence-corrected chi connectivity index (χ4v) is 1.32. The third-order valence-electron chi connectivity index (χ3n) is 1.95. The van der Waals surface area contributed by atoms with Gasteiger partial charge in [-0.3, -0.25) is 4.79 Å². The van der Waals surface area contributed by atoms with Crippen molar-refractivity contribution in [2.45, 2.75) is 0 Å². The maximum Gasteiger partial charge on any atom is 0.214 e. The largest absolute Gasteiger partial charge is 0.490 e. The van der Waals surface area contributed by atoms with Gasteiger partial charge in [0.15, 0.2) is 0 Å². The Morgan fingerprint density at radius 1 is 1.54 bits per heavy atom. The lowest BCUT2D eigenvalue weighted by Gasteiger charge is -2.25. The molecule has 0 saturated heterocycles. The van der Waals surface area contributed by atoms with Crippen LogP contribution in [-0.4, -0.2) is 19.6 Å². The number of carbonyl (C=O) groups is 1. The molecule has 2 rings (SSSR count). The fraction of sp³-hybridized carbons (Fsp3) is 0.222. The van der Waals surface area contributed by atoms with Crippen LogP contribution in [0, 0.1) is 5.82 Å². The number of amides is 1. The summed E-state index contributed by atoms with van der Waals surface area (Å²) in [6.45, 7) is 0.928. The molecule has 0 saturated carbocycles. The van der Waals surface area contributed by atoms with E-state index >= 15 is 0 Å². The number of benzene rings is 1. The normalized spacial score (nSPS) is 14.7. The third kappa shape index (κ3) is 1.35. The molecule has 1 aromatic carbocycles. The quantitative estimate of drug-likeness (QED) is 0.609. The van der Waals surface area contributed by atoms with Crippen LogP contribution >= 0.6 is 0 Å². The minimum atomic E-state index is -0.365. The Morgan fingerprint density at radius 2 is 2.38 bits per heavy atom. The van der Waals surface area contributed by atoms with Gasteiger partial charge in [0.05, 0.1) is 12.2 Å². The smallest absolute Gasteiger partial charge is 0.214 e. The molecular formula is C9H8FNO2. The van der Waals surface area contributed by atoms with E-state index in [1.807, 2.05) is 0 Å². The first kappa shape index (κ1) is 8.04. The summed E-state index contributed by atoms with van der Waals surface area (Å²) in [4.78, 5) is 12.0. The number of fused-ring (bicyclic) bond motifs is 1. The molecule has 0 atom stereocenters. The van der Waals surface area contributed by atoms with Crippen LogP contribution in [0.15, 0.2) is 18.2 Å². The molecule has 3 nitrogen and oxygen atoms in total. The van der Waals surface area contributed by atoms with Crippen molar-refractivity contribution in [2.75, 3.05) is 18.1 Å². The Morgan fingerprint density at radius 3 is 3.15 bits per heavy atom. The molecule has 0 aliphatic carbocycles. The van der Waals surface area contributed by atoms with Crippen LogP contribution < -0.4 is 9.64 Å². The number of carbonyl (C=O) groups excluding carboxylic acids is 1. The maximum absolute atomic E-state index is 12.8. The summed E-state index contributed by atoms with van der Waals surface area (Å²) in [6.07, 6.45) is 0.681. The zero-order valence-electron chi connectivity index (χ0n) is 6.87. The van der Waals surface area contributed by atoms with E-state index in [4.69, 9.17) is 4.74 Å². The number of hydrogen-bond acceptors (Lipinski definition) is 2. The fourth-order valence-electron chi connectivity index (χ4n) is 1.32. The summed E-state index contributed by atoms with van der Waals surface area (Å²) in [5, 5.41) is 0. The highest BCUT2D eigenvalue weighted by Crippen LogP contribution is 2.30. The highest BCUT2D eigenvalue weighted by Gasteiger charge is 2.17. The first-order chi connectivity index (χ1) is 6.31. The van der Waals surface area contributed by atoms with Crippen molar-refractivity contribution >= 4 is 12.1 Å². The van der Waals surface area contributed by atoms with Crippen molar-refractivity contribution in [2.24, 2.45) is 0 Å². The summed E-state index contributed by atoms with van der Waals surface area (Å²) in [5.41, 5.74) is 0.501. The first-order valence-electron chi connectivity index (χ1n) is 3.95. The van der Waals surface area contributed by atoms with Gasteiger partial charge in [-0.1, -0.05) is 0 Å². The van der Waals surface area contributed by atoms with Crippen LogP contribution in [-0.2, 0) is 4.79 Å². The Balaban J connectivity index is 2.47. The van der Waals surface area contributed by atoms with Gasteiger partial charge in [-0.15, -0.1) is 0 Å². The molecule has 0 spiro atoms. The predicted molar refractivity (Wildman–Crippen MR) is 45.3 cm³/mol. The van der Waals surface area contributed by atoms with Gasteiger partial charge in [-0.25, -0.2) is 4.39 Å². The summed E-state index contributed by atoms with van der Waals surface area (Å²) in [5.74, 6) is 0.191. The maximum atomic E-state index is 12.8. The van der Waals surface area contributed by atoms with Crippen LogP contribution in [0.4, 0.5) is 10.1 Å². The van der Waals surface area contributed by atoms with Gasteiger partial charge < -0.3 is 9.64 Å². The second-order valence-corrected chi connectivity index (χ2v) is 2.76. The van der Waals surface area contributed by atoms with Crippen LogP contribution in [0.1, 0.15) is 0 Å². The molecule has 1 heterocycles. The zero-order valence-corrected chi connectivity index (χ0v) is 6.87. The second kappa shape index (κ2) is 3.05. The van der Waals surface area contributed by atoms with E-state index in [2.05, 4.69) is 0 Å². The van der Waals surface area contributed by atoms with Crippen molar-refractivity contribution in [3.05, 3.63) is 24.0 Å². The van der Waals surface area contributed by atoms with Gasteiger partial charge in [0, 0.05) is 6.07 Å². The molecule has 0 aromatic heterocycles. The molecule has 0 fully saturated rings. The molecule has 0 N–H and O–H groups in total. The molecular weight excluding hydrogens is 173 g/mol. The highest BCUT2D eigenvalue weighted by atomic mass is 19.1. The number of nitrogens with zero attached hydrogens (tertiary/aromatic N) is 1. The third-order valence-corrected chi connectivity index (χ3v) is 1.95. The lowest BCUT2D eigenvalue weighted by Crippen LogP contribution is -2.31. The van der Waals surface area contributed by atoms with Crippen LogP contribution in [0.3, 0.4) is 0 Å². The van der Waals surface area contributed by atoms with Crippen LogP contribution in [0.5, 0.6) is 5.75 Å². The van der Waals surface area contributed by atoms with Crippen LogP contribution in [0.2, 0.25) is 0 Å². The number of rotatable bonds is 1. The minimum Gasteiger partial charge on any atom is -0.490 e. The van der Waals surface area contributed by atoms with Gasteiger partial charge in [0.2, 0.25) is 6.41 Å².